The van der Waals surface area contributed by atoms with E-state index in [1.165, 1.54) is 0 Å². The van der Waals surface area contributed by atoms with E-state index in [1.807, 2.05) is 43.3 Å². The number of urea groups is 1. The summed E-state index contributed by atoms with van der Waals surface area (Å²) >= 11 is 0. The van der Waals surface area contributed by atoms with E-state index in [4.69, 9.17) is 9.26 Å². The first-order valence-corrected chi connectivity index (χ1v) is 8.77. The molecule has 138 valence electrons. The third kappa shape index (κ3) is 3.74. The van der Waals surface area contributed by atoms with Gasteiger partial charge in [-0.15, -0.1) is 0 Å². The first kappa shape index (κ1) is 17.0. The minimum absolute atomic E-state index is 0.0157. The molecule has 8 nitrogen and oxygen atoms in total. The predicted molar refractivity (Wildman–Crippen MR) is 98.0 cm³/mol. The number of ether oxygens (including phenoxy) is 1. The van der Waals surface area contributed by atoms with Crippen LogP contribution in [0.2, 0.25) is 0 Å². The van der Waals surface area contributed by atoms with Gasteiger partial charge in [0.1, 0.15) is 11.9 Å². The van der Waals surface area contributed by atoms with E-state index in [-0.39, 0.29) is 12.1 Å². The summed E-state index contributed by atoms with van der Waals surface area (Å²) in [6, 6.07) is 11.1. The number of rotatable bonds is 5. The molecule has 0 radical (unpaired) electrons. The SMILES string of the molecule is CCNC(=O)N1CC(Oc2ccc(-c3noc(-c4ccncc4)n3)cc2)C1. The summed E-state index contributed by atoms with van der Waals surface area (Å²) in [5.41, 5.74) is 1.66. The summed E-state index contributed by atoms with van der Waals surface area (Å²) in [4.78, 5) is 21.8. The highest BCUT2D eigenvalue weighted by Gasteiger charge is 2.31. The van der Waals surface area contributed by atoms with Gasteiger partial charge in [-0.2, -0.15) is 4.98 Å². The number of nitrogens with one attached hydrogen (secondary N) is 1. The second kappa shape index (κ2) is 7.45. The van der Waals surface area contributed by atoms with Crippen LogP contribution in [0.25, 0.3) is 22.8 Å². The number of likely N-dealkylation sites (tertiary alicyclic amines) is 1. The van der Waals surface area contributed by atoms with Crippen LogP contribution in [0.5, 0.6) is 5.75 Å². The Bertz CT molecular complexity index is 905. The molecule has 0 saturated carbocycles. The fourth-order valence-electron chi connectivity index (χ4n) is 2.77. The zero-order chi connectivity index (χ0) is 18.6. The second-order valence-corrected chi connectivity index (χ2v) is 6.16. The summed E-state index contributed by atoms with van der Waals surface area (Å²) in [6.07, 6.45) is 3.37. The Morgan fingerprint density at radius 2 is 1.93 bits per heavy atom. The Kier molecular flexibility index (Phi) is 4.69. The smallest absolute Gasteiger partial charge is 0.317 e. The average molecular weight is 365 g/mol. The average Bonchev–Trinajstić information content (AvgIpc) is 3.16. The lowest BCUT2D eigenvalue weighted by atomic mass is 10.1. The fourth-order valence-corrected chi connectivity index (χ4v) is 2.77. The van der Waals surface area contributed by atoms with Crippen LogP contribution < -0.4 is 10.1 Å². The molecular weight excluding hydrogens is 346 g/mol. The van der Waals surface area contributed by atoms with Gasteiger partial charge in [-0.05, 0) is 43.3 Å². The Hall–Kier alpha value is -3.42. The lowest BCUT2D eigenvalue weighted by Gasteiger charge is -2.38. The van der Waals surface area contributed by atoms with Crippen molar-refractivity contribution in [2.75, 3.05) is 19.6 Å². The van der Waals surface area contributed by atoms with Gasteiger partial charge in [-0.25, -0.2) is 4.79 Å². The molecule has 2 aromatic heterocycles. The maximum Gasteiger partial charge on any atom is 0.317 e. The van der Waals surface area contributed by atoms with Gasteiger partial charge in [0, 0.05) is 30.1 Å². The molecule has 0 spiro atoms. The lowest BCUT2D eigenvalue weighted by Crippen LogP contribution is -2.58. The maximum atomic E-state index is 11.7. The Morgan fingerprint density at radius 3 is 2.63 bits per heavy atom. The minimum atomic E-state index is -0.0465. The number of pyridine rings is 1. The highest BCUT2D eigenvalue weighted by atomic mass is 16.5. The van der Waals surface area contributed by atoms with Crippen LogP contribution in [-0.2, 0) is 0 Å². The molecular formula is C19H19N5O3. The molecule has 1 N–H and O–H groups in total. The molecule has 2 amide bonds. The van der Waals surface area contributed by atoms with Crippen molar-refractivity contribution in [2.45, 2.75) is 13.0 Å². The number of carbonyl (C=O) groups is 1. The molecule has 3 aromatic rings. The number of benzene rings is 1. The number of nitrogens with zero attached hydrogens (tertiary/aromatic N) is 4. The van der Waals surface area contributed by atoms with Crippen LogP contribution in [0.4, 0.5) is 4.79 Å². The van der Waals surface area contributed by atoms with Crippen molar-refractivity contribution in [3.8, 4) is 28.6 Å². The molecule has 0 aliphatic carbocycles. The standard InChI is InChI=1S/C19H19N5O3/c1-2-21-19(25)24-11-16(12-24)26-15-5-3-13(4-6-15)17-22-18(27-23-17)14-7-9-20-10-8-14/h3-10,16H,2,11-12H2,1H3,(H,21,25). The molecule has 3 heterocycles. The van der Waals surface area contributed by atoms with Crippen LogP contribution in [0.15, 0.2) is 53.3 Å². The molecule has 0 atom stereocenters. The Balaban J connectivity index is 1.36. The molecule has 1 aliphatic heterocycles. The number of amides is 2. The first-order valence-electron chi connectivity index (χ1n) is 8.77. The van der Waals surface area contributed by atoms with Gasteiger partial charge in [-0.1, -0.05) is 5.16 Å². The molecule has 27 heavy (non-hydrogen) atoms. The van der Waals surface area contributed by atoms with E-state index in [9.17, 15) is 4.79 Å². The normalized spacial score (nSPS) is 13.9. The van der Waals surface area contributed by atoms with Gasteiger partial charge < -0.3 is 19.5 Å². The predicted octanol–water partition coefficient (Wildman–Crippen LogP) is 2.59. The molecule has 0 unspecified atom stereocenters. The van der Waals surface area contributed by atoms with E-state index in [0.29, 0.717) is 31.3 Å². The Labute approximate surface area is 156 Å². The van der Waals surface area contributed by atoms with Gasteiger partial charge in [-0.3, -0.25) is 4.98 Å². The number of hydrogen-bond acceptors (Lipinski definition) is 6. The van der Waals surface area contributed by atoms with Crippen LogP contribution in [-0.4, -0.2) is 51.8 Å². The zero-order valence-corrected chi connectivity index (χ0v) is 14.8. The van der Waals surface area contributed by atoms with Crippen LogP contribution in [0.3, 0.4) is 0 Å². The quantitative estimate of drug-likeness (QED) is 0.747. The van der Waals surface area contributed by atoms with Crippen LogP contribution >= 0.6 is 0 Å². The fraction of sp³-hybridized carbons (Fsp3) is 0.263. The second-order valence-electron chi connectivity index (χ2n) is 6.16. The van der Waals surface area contributed by atoms with Crippen molar-refractivity contribution in [3.05, 3.63) is 48.8 Å². The van der Waals surface area contributed by atoms with E-state index in [0.717, 1.165) is 16.9 Å². The third-order valence-electron chi connectivity index (χ3n) is 4.23. The van der Waals surface area contributed by atoms with Crippen molar-refractivity contribution in [3.63, 3.8) is 0 Å². The summed E-state index contributed by atoms with van der Waals surface area (Å²) in [6.45, 7) is 3.71. The van der Waals surface area contributed by atoms with Gasteiger partial charge in [0.15, 0.2) is 0 Å². The minimum Gasteiger partial charge on any atom is -0.487 e. The Morgan fingerprint density at radius 1 is 1.19 bits per heavy atom. The van der Waals surface area contributed by atoms with E-state index < -0.39 is 0 Å². The first-order chi connectivity index (χ1) is 13.2. The summed E-state index contributed by atoms with van der Waals surface area (Å²) in [7, 11) is 0. The number of aromatic nitrogens is 3. The van der Waals surface area contributed by atoms with Gasteiger partial charge in [0.2, 0.25) is 5.82 Å². The van der Waals surface area contributed by atoms with Crippen molar-refractivity contribution in [1.29, 1.82) is 0 Å². The molecule has 4 rings (SSSR count). The van der Waals surface area contributed by atoms with Gasteiger partial charge >= 0.3 is 6.03 Å². The molecule has 0 bridgehead atoms. The molecule has 1 aliphatic rings. The van der Waals surface area contributed by atoms with Crippen LogP contribution in [0.1, 0.15) is 6.92 Å². The third-order valence-corrected chi connectivity index (χ3v) is 4.23. The summed E-state index contributed by atoms with van der Waals surface area (Å²) < 4.78 is 11.2. The summed E-state index contributed by atoms with van der Waals surface area (Å²) in [5.74, 6) is 1.71. The summed E-state index contributed by atoms with van der Waals surface area (Å²) in [5, 5.41) is 6.81. The highest BCUT2D eigenvalue weighted by Crippen LogP contribution is 2.25. The topological polar surface area (TPSA) is 93.4 Å². The van der Waals surface area contributed by atoms with Crippen molar-refractivity contribution < 1.29 is 14.1 Å². The number of carbonyl (C=O) groups excluding carboxylic acids is 1. The maximum absolute atomic E-state index is 11.7. The number of hydrogen-bond donors (Lipinski definition) is 1. The monoisotopic (exact) mass is 365 g/mol. The largest absolute Gasteiger partial charge is 0.487 e. The van der Waals surface area contributed by atoms with E-state index in [1.54, 1.807) is 17.3 Å². The van der Waals surface area contributed by atoms with Gasteiger partial charge in [0.25, 0.3) is 5.89 Å². The molecule has 1 saturated heterocycles. The highest BCUT2D eigenvalue weighted by molar-refractivity contribution is 5.75. The van der Waals surface area contributed by atoms with Crippen molar-refractivity contribution in [1.82, 2.24) is 25.3 Å². The van der Waals surface area contributed by atoms with E-state index >= 15 is 0 Å². The van der Waals surface area contributed by atoms with E-state index in [2.05, 4.69) is 20.4 Å². The van der Waals surface area contributed by atoms with Crippen molar-refractivity contribution >= 4 is 6.03 Å². The molecule has 8 heteroatoms. The molecule has 1 aromatic carbocycles. The molecule has 1 fully saturated rings. The van der Waals surface area contributed by atoms with Gasteiger partial charge in [0.05, 0.1) is 13.1 Å². The van der Waals surface area contributed by atoms with Crippen LogP contribution in [0, 0.1) is 0 Å². The lowest BCUT2D eigenvalue weighted by molar-refractivity contribution is 0.0447. The van der Waals surface area contributed by atoms with Crippen molar-refractivity contribution in [2.24, 2.45) is 0 Å². The zero-order valence-electron chi connectivity index (χ0n) is 14.8.